The second-order valence-corrected chi connectivity index (χ2v) is 7.47. The van der Waals surface area contributed by atoms with Crippen LogP contribution in [0.3, 0.4) is 0 Å². The van der Waals surface area contributed by atoms with E-state index in [0.29, 0.717) is 29.4 Å². The third-order valence-electron chi connectivity index (χ3n) is 4.79. The van der Waals surface area contributed by atoms with Crippen molar-refractivity contribution >= 4 is 22.2 Å². The zero-order valence-corrected chi connectivity index (χ0v) is 15.1. The molecular formula is C19H22N2O3S. The van der Waals surface area contributed by atoms with Crippen molar-refractivity contribution in [3.8, 4) is 5.75 Å². The highest BCUT2D eigenvalue weighted by Gasteiger charge is 2.40. The molecule has 2 unspecified atom stereocenters. The van der Waals surface area contributed by atoms with Crippen LogP contribution in [0.5, 0.6) is 5.75 Å². The predicted molar refractivity (Wildman–Crippen MR) is 98.8 cm³/mol. The molecule has 25 heavy (non-hydrogen) atoms. The van der Waals surface area contributed by atoms with E-state index < -0.39 is 0 Å². The molecule has 3 heterocycles. The molecular weight excluding hydrogens is 336 g/mol. The maximum Gasteiger partial charge on any atom is 0.264 e. The van der Waals surface area contributed by atoms with Gasteiger partial charge in [0.15, 0.2) is 0 Å². The second-order valence-electron chi connectivity index (χ2n) is 6.44. The molecule has 2 saturated heterocycles. The third-order valence-corrected chi connectivity index (χ3v) is 5.95. The number of hydrogen-bond donors (Lipinski definition) is 1. The first-order chi connectivity index (χ1) is 12.2. The number of nitrogens with zero attached hydrogens (tertiary/aromatic N) is 1. The standard InChI is InChI=1S/C19H22N2O3S/c1-20-19(22)18-16(23-8-7-13-5-3-2-4-6-13)10-17(25-18)21-11-15-9-14(21)12-24-15/h2-6,10,14-15H,7-9,11-12H2,1H3,(H,20,22). The van der Waals surface area contributed by atoms with Crippen molar-refractivity contribution in [1.29, 1.82) is 0 Å². The van der Waals surface area contributed by atoms with Crippen LogP contribution in [0.1, 0.15) is 21.7 Å². The molecule has 2 bridgehead atoms. The highest BCUT2D eigenvalue weighted by atomic mass is 32.1. The van der Waals surface area contributed by atoms with Crippen molar-refractivity contribution in [2.24, 2.45) is 0 Å². The molecule has 4 rings (SSSR count). The van der Waals surface area contributed by atoms with Crippen molar-refractivity contribution in [2.45, 2.75) is 25.0 Å². The summed E-state index contributed by atoms with van der Waals surface area (Å²) in [7, 11) is 1.65. The molecule has 0 spiro atoms. The fraction of sp³-hybridized carbons (Fsp3) is 0.421. The number of anilines is 1. The van der Waals surface area contributed by atoms with Gasteiger partial charge in [0, 0.05) is 26.1 Å². The minimum atomic E-state index is -0.0911. The van der Waals surface area contributed by atoms with E-state index >= 15 is 0 Å². The zero-order valence-electron chi connectivity index (χ0n) is 14.2. The maximum absolute atomic E-state index is 12.2. The van der Waals surface area contributed by atoms with Crippen molar-refractivity contribution < 1.29 is 14.3 Å². The Kier molecular flexibility index (Phi) is 4.63. The minimum absolute atomic E-state index is 0.0911. The molecule has 1 aromatic carbocycles. The Morgan fingerprint density at radius 3 is 2.92 bits per heavy atom. The van der Waals surface area contributed by atoms with Crippen LogP contribution in [0, 0.1) is 0 Å². The Balaban J connectivity index is 1.48. The first-order valence-corrected chi connectivity index (χ1v) is 9.47. The molecule has 2 aliphatic heterocycles. The van der Waals surface area contributed by atoms with Crippen molar-refractivity contribution in [2.75, 3.05) is 31.7 Å². The molecule has 2 fully saturated rings. The quantitative estimate of drug-likeness (QED) is 0.863. The molecule has 0 saturated carbocycles. The molecule has 0 aliphatic carbocycles. The molecule has 2 aromatic rings. The number of carbonyl (C=O) groups is 1. The Morgan fingerprint density at radius 1 is 1.40 bits per heavy atom. The molecule has 5 nitrogen and oxygen atoms in total. The largest absolute Gasteiger partial charge is 0.491 e. The first kappa shape index (κ1) is 16.4. The third kappa shape index (κ3) is 3.37. The van der Waals surface area contributed by atoms with Crippen LogP contribution in [0.4, 0.5) is 5.00 Å². The molecule has 6 heteroatoms. The zero-order chi connectivity index (χ0) is 17.2. The van der Waals surface area contributed by atoms with Gasteiger partial charge in [-0.2, -0.15) is 0 Å². The Hall–Kier alpha value is -2.05. The summed E-state index contributed by atoms with van der Waals surface area (Å²) in [5, 5.41) is 3.82. The molecule has 1 amide bonds. The van der Waals surface area contributed by atoms with Gasteiger partial charge in [-0.25, -0.2) is 0 Å². The average molecular weight is 358 g/mol. The van der Waals surface area contributed by atoms with Gasteiger partial charge in [-0.3, -0.25) is 4.79 Å². The van der Waals surface area contributed by atoms with Gasteiger partial charge in [0.05, 0.1) is 30.4 Å². The van der Waals surface area contributed by atoms with E-state index in [9.17, 15) is 4.79 Å². The lowest BCUT2D eigenvalue weighted by molar-refractivity contribution is 0.0963. The number of rotatable bonds is 6. The molecule has 1 N–H and O–H groups in total. The van der Waals surface area contributed by atoms with Crippen LogP contribution in [0.25, 0.3) is 0 Å². The number of amides is 1. The van der Waals surface area contributed by atoms with E-state index in [2.05, 4.69) is 22.3 Å². The number of carbonyl (C=O) groups excluding carboxylic acids is 1. The Labute approximate surface area is 151 Å². The molecule has 2 aliphatic rings. The van der Waals surface area contributed by atoms with Crippen LogP contribution in [0.15, 0.2) is 36.4 Å². The summed E-state index contributed by atoms with van der Waals surface area (Å²) >= 11 is 1.51. The summed E-state index contributed by atoms with van der Waals surface area (Å²) in [6.45, 7) is 2.24. The molecule has 2 atom stereocenters. The minimum Gasteiger partial charge on any atom is -0.491 e. The van der Waals surface area contributed by atoms with Gasteiger partial charge in [-0.1, -0.05) is 30.3 Å². The van der Waals surface area contributed by atoms with E-state index in [0.717, 1.165) is 31.0 Å². The SMILES string of the molecule is CNC(=O)c1sc(N2CC3CC2CO3)cc1OCCc1ccccc1. The number of thiophene rings is 1. The van der Waals surface area contributed by atoms with Gasteiger partial charge in [0.25, 0.3) is 5.91 Å². The topological polar surface area (TPSA) is 50.8 Å². The van der Waals surface area contributed by atoms with Gasteiger partial charge in [-0.15, -0.1) is 11.3 Å². The van der Waals surface area contributed by atoms with Crippen molar-refractivity contribution in [3.63, 3.8) is 0 Å². The molecule has 1 aromatic heterocycles. The predicted octanol–water partition coefficient (Wildman–Crippen LogP) is 2.71. The lowest BCUT2D eigenvalue weighted by atomic mass is 10.2. The monoisotopic (exact) mass is 358 g/mol. The van der Waals surface area contributed by atoms with Gasteiger partial charge < -0.3 is 19.7 Å². The summed E-state index contributed by atoms with van der Waals surface area (Å²) in [4.78, 5) is 15.2. The van der Waals surface area contributed by atoms with E-state index in [-0.39, 0.29) is 5.91 Å². The highest BCUT2D eigenvalue weighted by Crippen LogP contribution is 2.41. The Bertz CT molecular complexity index is 746. The fourth-order valence-corrected chi connectivity index (χ4v) is 4.60. The van der Waals surface area contributed by atoms with Gasteiger partial charge >= 0.3 is 0 Å². The second kappa shape index (κ2) is 7.06. The number of ether oxygens (including phenoxy) is 2. The Morgan fingerprint density at radius 2 is 2.24 bits per heavy atom. The van der Waals surface area contributed by atoms with E-state index in [1.54, 1.807) is 7.05 Å². The van der Waals surface area contributed by atoms with Gasteiger partial charge in [-0.05, 0) is 12.0 Å². The lowest BCUT2D eigenvalue weighted by Gasteiger charge is -2.27. The maximum atomic E-state index is 12.2. The van der Waals surface area contributed by atoms with Gasteiger partial charge in [0.2, 0.25) is 0 Å². The smallest absolute Gasteiger partial charge is 0.264 e. The highest BCUT2D eigenvalue weighted by molar-refractivity contribution is 7.18. The molecule has 132 valence electrons. The number of fused-ring (bicyclic) bond motifs is 2. The summed E-state index contributed by atoms with van der Waals surface area (Å²) < 4.78 is 11.7. The van der Waals surface area contributed by atoms with Gasteiger partial charge in [0.1, 0.15) is 10.6 Å². The number of nitrogens with one attached hydrogen (secondary N) is 1. The number of benzene rings is 1. The first-order valence-electron chi connectivity index (χ1n) is 8.65. The van der Waals surface area contributed by atoms with Crippen LogP contribution in [-0.4, -0.2) is 44.9 Å². The van der Waals surface area contributed by atoms with E-state index in [1.807, 2.05) is 24.3 Å². The lowest BCUT2D eigenvalue weighted by Crippen LogP contribution is -2.36. The summed E-state index contributed by atoms with van der Waals surface area (Å²) in [6, 6.07) is 12.7. The number of morpholine rings is 1. The van der Waals surface area contributed by atoms with Crippen molar-refractivity contribution in [3.05, 3.63) is 46.8 Å². The van der Waals surface area contributed by atoms with E-state index in [4.69, 9.17) is 9.47 Å². The van der Waals surface area contributed by atoms with E-state index in [1.165, 1.54) is 16.9 Å². The van der Waals surface area contributed by atoms with Crippen molar-refractivity contribution in [1.82, 2.24) is 5.32 Å². The molecule has 0 radical (unpaired) electrons. The van der Waals surface area contributed by atoms with Crippen LogP contribution in [-0.2, 0) is 11.2 Å². The summed E-state index contributed by atoms with van der Waals surface area (Å²) in [6.07, 6.45) is 2.23. The summed E-state index contributed by atoms with van der Waals surface area (Å²) in [5.41, 5.74) is 1.23. The van der Waals surface area contributed by atoms with Crippen LogP contribution >= 0.6 is 11.3 Å². The number of hydrogen-bond acceptors (Lipinski definition) is 5. The average Bonchev–Trinajstić information content (AvgIpc) is 3.37. The normalized spacial score (nSPS) is 21.6. The summed E-state index contributed by atoms with van der Waals surface area (Å²) in [5.74, 6) is 0.588. The fourth-order valence-electron chi connectivity index (χ4n) is 3.48. The van der Waals surface area contributed by atoms with Crippen LogP contribution < -0.4 is 15.0 Å². The van der Waals surface area contributed by atoms with Crippen LogP contribution in [0.2, 0.25) is 0 Å².